The highest BCUT2D eigenvalue weighted by atomic mass is 32.1. The molecule has 0 bridgehead atoms. The van der Waals surface area contributed by atoms with Crippen LogP contribution in [0, 0.1) is 6.92 Å². The number of carboxylic acid groups (broad SMARTS) is 1. The molecule has 29 heavy (non-hydrogen) atoms. The molecular weight excluding hydrogens is 384 g/mol. The molecule has 0 radical (unpaired) electrons. The summed E-state index contributed by atoms with van der Waals surface area (Å²) in [5, 5.41) is 16.8. The number of benzene rings is 3. The molecule has 3 aromatic carbocycles. The van der Waals surface area contributed by atoms with E-state index in [9.17, 15) is 14.7 Å². The molecule has 0 unspecified atom stereocenters. The number of carbonyl (C=O) groups is 2. The van der Waals surface area contributed by atoms with Crippen LogP contribution < -0.4 is 15.7 Å². The summed E-state index contributed by atoms with van der Waals surface area (Å²) >= 11 is 5.29. The monoisotopic (exact) mass is 403 g/mol. The van der Waals surface area contributed by atoms with Crippen LogP contribution in [0.15, 0.2) is 78.9 Å². The van der Waals surface area contributed by atoms with Crippen LogP contribution in [-0.4, -0.2) is 17.0 Å². The quantitative estimate of drug-likeness (QED) is 0.640. The number of carboxylic acids is 1. The first-order valence-corrected chi connectivity index (χ1v) is 9.40. The van der Waals surface area contributed by atoms with E-state index in [0.29, 0.717) is 5.69 Å². The summed E-state index contributed by atoms with van der Waals surface area (Å²) in [5.41, 5.74) is 2.99. The molecule has 146 valence electrons. The molecule has 2 N–H and O–H groups in total. The van der Waals surface area contributed by atoms with E-state index in [1.165, 1.54) is 12.1 Å². The zero-order valence-corrected chi connectivity index (χ0v) is 16.5. The molecule has 1 amide bonds. The Hall–Kier alpha value is -3.51. The smallest absolute Gasteiger partial charge is 0.238 e. The van der Waals surface area contributed by atoms with Crippen LogP contribution in [0.4, 0.5) is 5.69 Å². The standard InChI is InChI=1S/C23H20N2O3S/c1-15-12-13-18(22(27)28)14-19(15)24-23(29)25-21(26)20(16-8-4-2-5-9-16)17-10-6-3-7-11-17/h2-14,20H,1H3,(H,27,28)(H2,24,25,26,29)/p-1. The Morgan fingerprint density at radius 1 is 0.897 bits per heavy atom. The summed E-state index contributed by atoms with van der Waals surface area (Å²) in [6.45, 7) is 1.81. The van der Waals surface area contributed by atoms with E-state index in [1.807, 2.05) is 67.6 Å². The number of hydrogen-bond acceptors (Lipinski definition) is 4. The van der Waals surface area contributed by atoms with Crippen molar-refractivity contribution in [2.24, 2.45) is 0 Å². The SMILES string of the molecule is Cc1ccc(C(=O)[O-])cc1NC(=S)NC(=O)C(c1ccccc1)c1ccccc1. The predicted molar refractivity (Wildman–Crippen MR) is 115 cm³/mol. The minimum Gasteiger partial charge on any atom is -0.545 e. The molecule has 0 heterocycles. The van der Waals surface area contributed by atoms with Gasteiger partial charge in [0.05, 0.1) is 11.9 Å². The van der Waals surface area contributed by atoms with Gasteiger partial charge in [-0.15, -0.1) is 0 Å². The highest BCUT2D eigenvalue weighted by molar-refractivity contribution is 7.80. The van der Waals surface area contributed by atoms with Gasteiger partial charge in [0.15, 0.2) is 5.11 Å². The third kappa shape index (κ3) is 5.06. The lowest BCUT2D eigenvalue weighted by molar-refractivity contribution is -0.255. The number of aryl methyl sites for hydroxylation is 1. The lowest BCUT2D eigenvalue weighted by Crippen LogP contribution is -2.38. The number of rotatable bonds is 5. The number of nitrogens with one attached hydrogen (secondary N) is 2. The van der Waals surface area contributed by atoms with Gasteiger partial charge in [-0.05, 0) is 47.5 Å². The second kappa shape index (κ2) is 9.12. The van der Waals surface area contributed by atoms with Gasteiger partial charge in [0.1, 0.15) is 0 Å². The number of carbonyl (C=O) groups excluding carboxylic acids is 2. The molecule has 5 nitrogen and oxygen atoms in total. The molecule has 0 aliphatic rings. The largest absolute Gasteiger partial charge is 0.545 e. The van der Waals surface area contributed by atoms with Crippen LogP contribution in [0.25, 0.3) is 0 Å². The van der Waals surface area contributed by atoms with Gasteiger partial charge in [0, 0.05) is 5.69 Å². The van der Waals surface area contributed by atoms with E-state index < -0.39 is 11.9 Å². The molecule has 3 rings (SSSR count). The maximum atomic E-state index is 13.1. The summed E-state index contributed by atoms with van der Waals surface area (Å²) in [5.74, 6) is -2.10. The Morgan fingerprint density at radius 2 is 1.45 bits per heavy atom. The number of thiocarbonyl (C=S) groups is 1. The van der Waals surface area contributed by atoms with Crippen LogP contribution in [-0.2, 0) is 4.79 Å². The minimum absolute atomic E-state index is 0.0266. The number of aromatic carboxylic acids is 1. The fourth-order valence-corrected chi connectivity index (χ4v) is 3.22. The highest BCUT2D eigenvalue weighted by Gasteiger charge is 2.23. The lowest BCUT2D eigenvalue weighted by atomic mass is 9.90. The Labute approximate surface area is 174 Å². The average molecular weight is 403 g/mol. The summed E-state index contributed by atoms with van der Waals surface area (Å²) in [6.07, 6.45) is 0. The maximum absolute atomic E-state index is 13.1. The van der Waals surface area contributed by atoms with Crippen molar-refractivity contribution >= 4 is 34.9 Å². The summed E-state index contributed by atoms with van der Waals surface area (Å²) in [7, 11) is 0. The van der Waals surface area contributed by atoms with Crippen molar-refractivity contribution < 1.29 is 14.7 Å². The summed E-state index contributed by atoms with van der Waals surface area (Å²) in [6, 6.07) is 23.4. The molecule has 0 saturated heterocycles. The molecule has 3 aromatic rings. The Morgan fingerprint density at radius 3 is 1.97 bits per heavy atom. The van der Waals surface area contributed by atoms with Gasteiger partial charge in [-0.2, -0.15) is 0 Å². The van der Waals surface area contributed by atoms with Gasteiger partial charge in [0.25, 0.3) is 0 Å². The second-order valence-electron chi connectivity index (χ2n) is 6.51. The van der Waals surface area contributed by atoms with Gasteiger partial charge >= 0.3 is 0 Å². The summed E-state index contributed by atoms with van der Waals surface area (Å²) in [4.78, 5) is 24.2. The van der Waals surface area contributed by atoms with E-state index in [4.69, 9.17) is 12.2 Å². The van der Waals surface area contributed by atoms with Crippen molar-refractivity contribution in [2.45, 2.75) is 12.8 Å². The highest BCUT2D eigenvalue weighted by Crippen LogP contribution is 2.25. The minimum atomic E-state index is -1.28. The maximum Gasteiger partial charge on any atom is 0.238 e. The molecule has 0 aliphatic carbocycles. The lowest BCUT2D eigenvalue weighted by Gasteiger charge is -2.19. The van der Waals surface area contributed by atoms with Crippen molar-refractivity contribution in [1.82, 2.24) is 5.32 Å². The first-order valence-electron chi connectivity index (χ1n) is 8.99. The average Bonchev–Trinajstić information content (AvgIpc) is 2.71. The van der Waals surface area contributed by atoms with Crippen molar-refractivity contribution in [1.29, 1.82) is 0 Å². The molecule has 0 saturated carbocycles. The van der Waals surface area contributed by atoms with Gasteiger partial charge in [-0.1, -0.05) is 72.8 Å². The van der Waals surface area contributed by atoms with Crippen molar-refractivity contribution in [2.75, 3.05) is 5.32 Å². The second-order valence-corrected chi connectivity index (χ2v) is 6.92. The number of amides is 1. The fourth-order valence-electron chi connectivity index (χ4n) is 3.01. The molecule has 0 fully saturated rings. The van der Waals surface area contributed by atoms with Gasteiger partial charge < -0.3 is 20.5 Å². The van der Waals surface area contributed by atoms with Crippen LogP contribution >= 0.6 is 12.2 Å². The molecule has 0 spiro atoms. The van der Waals surface area contributed by atoms with Crippen LogP contribution in [0.2, 0.25) is 0 Å². The fraction of sp³-hybridized carbons (Fsp3) is 0.0870. The van der Waals surface area contributed by atoms with Crippen LogP contribution in [0.1, 0.15) is 33.0 Å². The summed E-state index contributed by atoms with van der Waals surface area (Å²) < 4.78 is 0. The molecule has 0 aromatic heterocycles. The number of anilines is 1. The first-order chi connectivity index (χ1) is 14.0. The van der Waals surface area contributed by atoms with Crippen LogP contribution in [0.3, 0.4) is 0 Å². The Balaban J connectivity index is 1.81. The first kappa shape index (κ1) is 20.2. The van der Waals surface area contributed by atoms with E-state index in [0.717, 1.165) is 16.7 Å². The molecule has 6 heteroatoms. The zero-order chi connectivity index (χ0) is 20.8. The van der Waals surface area contributed by atoms with Crippen molar-refractivity contribution in [3.8, 4) is 0 Å². The molecule has 0 aliphatic heterocycles. The zero-order valence-electron chi connectivity index (χ0n) is 15.7. The van der Waals surface area contributed by atoms with Crippen LogP contribution in [0.5, 0.6) is 0 Å². The predicted octanol–water partition coefficient (Wildman–Crippen LogP) is 3.00. The van der Waals surface area contributed by atoms with E-state index in [-0.39, 0.29) is 16.6 Å². The van der Waals surface area contributed by atoms with E-state index in [1.54, 1.807) is 6.07 Å². The van der Waals surface area contributed by atoms with E-state index >= 15 is 0 Å². The van der Waals surface area contributed by atoms with Crippen molar-refractivity contribution in [3.63, 3.8) is 0 Å². The molecular formula is C23H19N2O3S-. The topological polar surface area (TPSA) is 81.3 Å². The van der Waals surface area contributed by atoms with Gasteiger partial charge in [-0.25, -0.2) is 0 Å². The van der Waals surface area contributed by atoms with Crippen molar-refractivity contribution in [3.05, 3.63) is 101 Å². The van der Waals surface area contributed by atoms with Gasteiger partial charge in [-0.3, -0.25) is 4.79 Å². The van der Waals surface area contributed by atoms with Gasteiger partial charge in [0.2, 0.25) is 5.91 Å². The Bertz CT molecular complexity index is 997. The van der Waals surface area contributed by atoms with E-state index in [2.05, 4.69) is 10.6 Å². The molecule has 0 atom stereocenters. The normalized spacial score (nSPS) is 10.4. The third-order valence-corrected chi connectivity index (χ3v) is 4.69. The number of hydrogen-bond donors (Lipinski definition) is 2. The third-order valence-electron chi connectivity index (χ3n) is 4.49. The Kier molecular flexibility index (Phi) is 6.36.